The number of Topliss-reactive ketones (excluding diaryl/α,β-unsaturated/α-hetero) is 1. The van der Waals surface area contributed by atoms with Crippen molar-refractivity contribution in [2.45, 2.75) is 32.6 Å². The number of hydrogen-bond acceptors (Lipinski definition) is 5. The number of piperidine rings is 1. The second-order valence-electron chi connectivity index (χ2n) is 7.31. The van der Waals surface area contributed by atoms with Gasteiger partial charge in [0, 0.05) is 53.6 Å². The van der Waals surface area contributed by atoms with Gasteiger partial charge in [0.25, 0.3) is 0 Å². The summed E-state index contributed by atoms with van der Waals surface area (Å²) in [5.41, 5.74) is 3.59. The zero-order valence-corrected chi connectivity index (χ0v) is 16.9. The van der Waals surface area contributed by atoms with Gasteiger partial charge < -0.3 is 14.2 Å². The number of nitrogens with one attached hydrogen (secondary N) is 1. The summed E-state index contributed by atoms with van der Waals surface area (Å²) in [6.45, 7) is 4.88. The number of likely N-dealkylation sites (tertiary alicyclic amines) is 1. The summed E-state index contributed by atoms with van der Waals surface area (Å²) in [6, 6.07) is 13.1. The van der Waals surface area contributed by atoms with Gasteiger partial charge >= 0.3 is 0 Å². The van der Waals surface area contributed by atoms with Crippen LogP contribution in [0.3, 0.4) is 0 Å². The van der Waals surface area contributed by atoms with Gasteiger partial charge in [0.1, 0.15) is 5.78 Å². The first-order chi connectivity index (χ1) is 13.5. The molecule has 0 aliphatic carbocycles. The van der Waals surface area contributed by atoms with Crippen molar-refractivity contribution in [2.24, 2.45) is 5.92 Å². The summed E-state index contributed by atoms with van der Waals surface area (Å²) >= 11 is -2.33. The summed E-state index contributed by atoms with van der Waals surface area (Å²) in [7, 11) is 0. The van der Waals surface area contributed by atoms with Gasteiger partial charge in [-0.1, -0.05) is 18.2 Å². The molecule has 1 saturated heterocycles. The highest BCUT2D eigenvalue weighted by molar-refractivity contribution is 7.80. The van der Waals surface area contributed by atoms with E-state index in [9.17, 15) is 13.6 Å². The van der Waals surface area contributed by atoms with Gasteiger partial charge in [-0.3, -0.25) is 14.0 Å². The lowest BCUT2D eigenvalue weighted by molar-refractivity contribution is -0.123. The molecule has 1 fully saturated rings. The fourth-order valence-electron chi connectivity index (χ4n) is 3.62. The molecule has 0 saturated carbocycles. The van der Waals surface area contributed by atoms with Crippen LogP contribution in [-0.2, 0) is 28.9 Å². The summed E-state index contributed by atoms with van der Waals surface area (Å²) < 4.78 is 23.6. The second-order valence-corrected chi connectivity index (χ2v) is 7.99. The van der Waals surface area contributed by atoms with Crippen molar-refractivity contribution in [3.05, 3.63) is 59.4 Å². The number of carbonyl (C=O) groups is 1. The van der Waals surface area contributed by atoms with E-state index in [1.165, 1.54) is 0 Å². The van der Waals surface area contributed by atoms with E-state index >= 15 is 0 Å². The Morgan fingerprint density at radius 2 is 1.93 bits per heavy atom. The van der Waals surface area contributed by atoms with Crippen molar-refractivity contribution in [1.29, 1.82) is 0 Å². The van der Waals surface area contributed by atoms with Crippen molar-refractivity contribution in [3.63, 3.8) is 0 Å². The van der Waals surface area contributed by atoms with Crippen LogP contribution in [0.15, 0.2) is 42.5 Å². The molecule has 28 heavy (non-hydrogen) atoms. The Kier molecular flexibility index (Phi) is 7.30. The van der Waals surface area contributed by atoms with Crippen LogP contribution in [0.1, 0.15) is 29.8 Å². The Labute approximate surface area is 168 Å². The van der Waals surface area contributed by atoms with E-state index in [0.29, 0.717) is 12.1 Å². The third-order valence-corrected chi connectivity index (χ3v) is 5.61. The summed E-state index contributed by atoms with van der Waals surface area (Å²) in [5.74, 6) is 0.383. The van der Waals surface area contributed by atoms with E-state index in [1.54, 1.807) is 24.3 Å². The number of pyridine rings is 1. The van der Waals surface area contributed by atoms with Gasteiger partial charge in [0.2, 0.25) is 0 Å². The maximum atomic E-state index is 12.6. The normalized spacial score (nSPS) is 16.6. The van der Waals surface area contributed by atoms with Crippen LogP contribution < -0.4 is 4.72 Å². The SMILES string of the molecule is Cc1cccc(CCN2CCC(C(=O)Cc3ccc(NS(=O)[O-])cc3)CC2)n1. The quantitative estimate of drug-likeness (QED) is 0.689. The second kappa shape index (κ2) is 9.91. The zero-order valence-electron chi connectivity index (χ0n) is 16.1. The number of aromatic nitrogens is 1. The Hall–Kier alpha value is -2.09. The van der Waals surface area contributed by atoms with Gasteiger partial charge in [0.15, 0.2) is 0 Å². The first kappa shape index (κ1) is 20.6. The molecule has 1 aliphatic heterocycles. The number of carbonyl (C=O) groups excluding carboxylic acids is 1. The average Bonchev–Trinajstić information content (AvgIpc) is 2.68. The van der Waals surface area contributed by atoms with E-state index < -0.39 is 11.3 Å². The fraction of sp³-hybridized carbons (Fsp3) is 0.429. The molecule has 7 heteroatoms. The number of ketones is 1. The molecule has 0 amide bonds. The van der Waals surface area contributed by atoms with Crippen molar-refractivity contribution >= 4 is 22.7 Å². The van der Waals surface area contributed by atoms with E-state index in [0.717, 1.165) is 55.8 Å². The third-order valence-electron chi connectivity index (χ3n) is 5.21. The van der Waals surface area contributed by atoms with Crippen LogP contribution in [0.25, 0.3) is 0 Å². The molecule has 2 aromatic rings. The number of anilines is 1. The molecule has 0 bridgehead atoms. The summed E-state index contributed by atoms with van der Waals surface area (Å²) in [6.07, 6.45) is 3.14. The van der Waals surface area contributed by atoms with Crippen molar-refractivity contribution < 1.29 is 13.6 Å². The van der Waals surface area contributed by atoms with Crippen molar-refractivity contribution in [2.75, 3.05) is 24.4 Å². The van der Waals surface area contributed by atoms with Gasteiger partial charge in [-0.15, -0.1) is 0 Å². The van der Waals surface area contributed by atoms with Crippen molar-refractivity contribution in [3.8, 4) is 0 Å². The summed E-state index contributed by atoms with van der Waals surface area (Å²) in [4.78, 5) is 19.6. The van der Waals surface area contributed by atoms with E-state index in [1.807, 2.05) is 19.1 Å². The maximum absolute atomic E-state index is 12.6. The lowest BCUT2D eigenvalue weighted by Crippen LogP contribution is -2.37. The van der Waals surface area contributed by atoms with Crippen LogP contribution in [0.4, 0.5) is 5.69 Å². The highest BCUT2D eigenvalue weighted by Crippen LogP contribution is 2.21. The smallest absolute Gasteiger partial charge is 0.140 e. The van der Waals surface area contributed by atoms with Gasteiger partial charge in [-0.05, 0) is 62.7 Å². The molecular weight excluding hydrogens is 374 g/mol. The van der Waals surface area contributed by atoms with Crippen LogP contribution in [0.2, 0.25) is 0 Å². The largest absolute Gasteiger partial charge is 0.755 e. The van der Waals surface area contributed by atoms with Crippen LogP contribution in [0.5, 0.6) is 0 Å². The van der Waals surface area contributed by atoms with Crippen molar-refractivity contribution in [1.82, 2.24) is 9.88 Å². The molecule has 1 N–H and O–H groups in total. The molecule has 1 unspecified atom stereocenters. The van der Waals surface area contributed by atoms with Crippen LogP contribution in [-0.4, -0.2) is 44.1 Å². The van der Waals surface area contributed by atoms with E-state index in [-0.39, 0.29) is 11.7 Å². The Morgan fingerprint density at radius 1 is 1.21 bits per heavy atom. The van der Waals surface area contributed by atoms with Crippen LogP contribution in [0, 0.1) is 12.8 Å². The number of hydrogen-bond donors (Lipinski definition) is 1. The minimum Gasteiger partial charge on any atom is -0.755 e. The lowest BCUT2D eigenvalue weighted by Gasteiger charge is -2.31. The lowest BCUT2D eigenvalue weighted by atomic mass is 9.89. The topological polar surface area (TPSA) is 85.4 Å². The Balaban J connectivity index is 1.42. The number of benzene rings is 1. The number of nitrogens with zero attached hydrogens (tertiary/aromatic N) is 2. The molecule has 150 valence electrons. The molecule has 2 heterocycles. The molecule has 3 rings (SSSR count). The Morgan fingerprint density at radius 3 is 2.57 bits per heavy atom. The first-order valence-corrected chi connectivity index (χ1v) is 10.7. The maximum Gasteiger partial charge on any atom is 0.140 e. The molecular formula is C21H26N3O3S-. The van der Waals surface area contributed by atoms with Gasteiger partial charge in [0.05, 0.1) is 0 Å². The standard InChI is InChI=1S/C21H27N3O3S/c1-16-3-2-4-19(22-16)11-14-24-12-9-18(10-13-24)21(25)15-17-5-7-20(8-6-17)23-28(26)27/h2-8,18,23H,9-15H2,1H3,(H,26,27)/p-1. The highest BCUT2D eigenvalue weighted by Gasteiger charge is 2.24. The fourth-order valence-corrected chi connectivity index (χ4v) is 3.95. The predicted octanol–water partition coefficient (Wildman–Crippen LogP) is 2.66. The van der Waals surface area contributed by atoms with Gasteiger partial charge in [-0.25, -0.2) is 0 Å². The molecule has 1 aromatic heterocycles. The van der Waals surface area contributed by atoms with Gasteiger partial charge in [-0.2, -0.15) is 0 Å². The third kappa shape index (κ3) is 6.22. The minimum atomic E-state index is -2.33. The molecule has 1 aromatic carbocycles. The Bertz CT molecular complexity index is 818. The molecule has 1 aliphatic rings. The van der Waals surface area contributed by atoms with Crippen LogP contribution >= 0.6 is 0 Å². The molecule has 0 spiro atoms. The number of aryl methyl sites for hydroxylation is 1. The first-order valence-electron chi connectivity index (χ1n) is 9.62. The molecule has 6 nitrogen and oxygen atoms in total. The zero-order chi connectivity index (χ0) is 19.9. The highest BCUT2D eigenvalue weighted by atomic mass is 32.2. The number of rotatable bonds is 8. The average molecular weight is 401 g/mol. The summed E-state index contributed by atoms with van der Waals surface area (Å²) in [5, 5.41) is 0. The molecule has 1 atom stereocenters. The van der Waals surface area contributed by atoms with E-state index in [2.05, 4.69) is 20.7 Å². The molecule has 0 radical (unpaired) electrons. The minimum absolute atomic E-state index is 0.111. The predicted molar refractivity (Wildman–Crippen MR) is 110 cm³/mol. The van der Waals surface area contributed by atoms with E-state index in [4.69, 9.17) is 0 Å². The monoisotopic (exact) mass is 400 g/mol.